The molecule has 6 heteroatoms. The minimum absolute atomic E-state index is 0.203. The van der Waals surface area contributed by atoms with Crippen molar-refractivity contribution in [1.82, 2.24) is 0 Å². The largest absolute Gasteiger partial charge is 0.422 e. The Morgan fingerprint density at radius 2 is 2.14 bits per heavy atom. The van der Waals surface area contributed by atoms with E-state index in [1.807, 2.05) is 0 Å². The number of ether oxygens (including phenoxy) is 1. The van der Waals surface area contributed by atoms with Crippen LogP contribution in [0.5, 0.6) is 5.75 Å². The predicted octanol–water partition coefficient (Wildman–Crippen LogP) is 2.76. The average molecular weight is 344 g/mol. The SMILES string of the molecule is O=C(CO)Oc1c(Cl)cc(Br)cc1Br. The Hall–Kier alpha value is -0.100. The maximum atomic E-state index is 10.8. The smallest absolute Gasteiger partial charge is 0.337 e. The Morgan fingerprint density at radius 3 is 2.64 bits per heavy atom. The number of aliphatic hydroxyl groups is 1. The standard InChI is InChI=1S/C8H5Br2ClO3/c9-4-1-5(10)8(6(11)2-4)14-7(13)3-12/h1-2,12H,3H2. The monoisotopic (exact) mass is 342 g/mol. The number of carbonyl (C=O) groups is 1. The molecule has 0 spiro atoms. The van der Waals surface area contributed by atoms with Gasteiger partial charge < -0.3 is 9.84 Å². The lowest BCUT2D eigenvalue weighted by Crippen LogP contribution is -2.12. The molecule has 1 N–H and O–H groups in total. The van der Waals surface area contributed by atoms with E-state index >= 15 is 0 Å². The van der Waals surface area contributed by atoms with Crippen molar-refractivity contribution in [2.75, 3.05) is 6.61 Å². The van der Waals surface area contributed by atoms with Crippen LogP contribution < -0.4 is 4.74 Å². The molecule has 76 valence electrons. The summed E-state index contributed by atoms with van der Waals surface area (Å²) in [5.41, 5.74) is 0. The molecule has 0 amide bonds. The molecule has 0 bridgehead atoms. The first kappa shape index (κ1) is 12.0. The first-order valence-electron chi connectivity index (χ1n) is 3.50. The van der Waals surface area contributed by atoms with Crippen LogP contribution in [0.2, 0.25) is 5.02 Å². The van der Waals surface area contributed by atoms with E-state index in [0.717, 1.165) is 4.47 Å². The van der Waals surface area contributed by atoms with E-state index in [0.29, 0.717) is 4.47 Å². The normalized spacial score (nSPS) is 10.0. The molecule has 3 nitrogen and oxygen atoms in total. The van der Waals surface area contributed by atoms with Gasteiger partial charge >= 0.3 is 5.97 Å². The average Bonchev–Trinajstić information content (AvgIpc) is 2.10. The zero-order valence-corrected chi connectivity index (χ0v) is 10.7. The van der Waals surface area contributed by atoms with Crippen molar-refractivity contribution in [1.29, 1.82) is 0 Å². The van der Waals surface area contributed by atoms with Crippen molar-refractivity contribution in [2.24, 2.45) is 0 Å². The summed E-state index contributed by atoms with van der Waals surface area (Å²) in [7, 11) is 0. The zero-order valence-electron chi connectivity index (χ0n) is 6.76. The van der Waals surface area contributed by atoms with Gasteiger partial charge in [-0.3, -0.25) is 0 Å². The maximum absolute atomic E-state index is 10.8. The molecule has 0 fully saturated rings. The summed E-state index contributed by atoms with van der Waals surface area (Å²) in [6.45, 7) is -0.682. The Bertz CT molecular complexity index is 345. The van der Waals surface area contributed by atoms with Crippen molar-refractivity contribution in [3.05, 3.63) is 26.1 Å². The molecule has 0 saturated heterocycles. The summed E-state index contributed by atoms with van der Waals surface area (Å²) in [6.07, 6.45) is 0. The number of aliphatic hydroxyl groups excluding tert-OH is 1. The van der Waals surface area contributed by atoms with Crippen LogP contribution in [0.4, 0.5) is 0 Å². The van der Waals surface area contributed by atoms with Gasteiger partial charge in [0.25, 0.3) is 0 Å². The van der Waals surface area contributed by atoms with Gasteiger partial charge in [-0.05, 0) is 28.1 Å². The van der Waals surface area contributed by atoms with Crippen LogP contribution >= 0.6 is 43.5 Å². The highest BCUT2D eigenvalue weighted by atomic mass is 79.9. The van der Waals surface area contributed by atoms with Gasteiger partial charge in [-0.15, -0.1) is 0 Å². The number of rotatable bonds is 2. The number of hydrogen-bond donors (Lipinski definition) is 1. The number of halogens is 3. The van der Waals surface area contributed by atoms with Crippen LogP contribution in [0.1, 0.15) is 0 Å². The van der Waals surface area contributed by atoms with Crippen molar-refractivity contribution < 1.29 is 14.6 Å². The molecular formula is C8H5Br2ClO3. The van der Waals surface area contributed by atoms with E-state index in [-0.39, 0.29) is 10.8 Å². The van der Waals surface area contributed by atoms with Gasteiger partial charge in [-0.25, -0.2) is 4.79 Å². The Morgan fingerprint density at radius 1 is 1.50 bits per heavy atom. The predicted molar refractivity (Wildman–Crippen MR) is 59.6 cm³/mol. The van der Waals surface area contributed by atoms with Gasteiger partial charge in [0, 0.05) is 4.47 Å². The second kappa shape index (κ2) is 5.11. The number of esters is 1. The highest BCUT2D eigenvalue weighted by molar-refractivity contribution is 9.11. The summed E-state index contributed by atoms with van der Waals surface area (Å²) >= 11 is 12.2. The van der Waals surface area contributed by atoms with Crippen molar-refractivity contribution >= 4 is 49.4 Å². The molecule has 0 saturated carbocycles. The van der Waals surface area contributed by atoms with Crippen molar-refractivity contribution in [3.8, 4) is 5.75 Å². The number of benzene rings is 1. The molecule has 0 atom stereocenters. The molecule has 1 rings (SSSR count). The summed E-state index contributed by atoms with van der Waals surface area (Å²) < 4.78 is 6.09. The lowest BCUT2D eigenvalue weighted by molar-refractivity contribution is -0.137. The molecule has 1 aromatic rings. The Balaban J connectivity index is 3.02. The molecular weight excluding hydrogens is 339 g/mol. The first-order chi connectivity index (χ1) is 6.54. The zero-order chi connectivity index (χ0) is 10.7. The minimum Gasteiger partial charge on any atom is -0.422 e. The Kier molecular flexibility index (Phi) is 4.37. The first-order valence-corrected chi connectivity index (χ1v) is 5.47. The quantitative estimate of drug-likeness (QED) is 0.663. The van der Waals surface area contributed by atoms with Crippen LogP contribution in [0.15, 0.2) is 21.1 Å². The number of carbonyl (C=O) groups excluding carboxylic acids is 1. The topological polar surface area (TPSA) is 46.5 Å². The molecule has 0 aliphatic carbocycles. The summed E-state index contributed by atoms with van der Waals surface area (Å²) in [5.74, 6) is -0.552. The van der Waals surface area contributed by atoms with Gasteiger partial charge in [-0.1, -0.05) is 27.5 Å². The Labute approximate surface area is 102 Å². The van der Waals surface area contributed by atoms with E-state index in [9.17, 15) is 4.79 Å². The van der Waals surface area contributed by atoms with E-state index in [4.69, 9.17) is 21.4 Å². The van der Waals surface area contributed by atoms with E-state index in [1.165, 1.54) is 0 Å². The molecule has 0 unspecified atom stereocenters. The second-order valence-corrected chi connectivity index (χ2v) is 4.51. The third kappa shape index (κ3) is 2.95. The highest BCUT2D eigenvalue weighted by Crippen LogP contribution is 2.36. The fraction of sp³-hybridized carbons (Fsp3) is 0.125. The van der Waals surface area contributed by atoms with Gasteiger partial charge in [-0.2, -0.15) is 0 Å². The summed E-state index contributed by atoms with van der Waals surface area (Å²) in [4.78, 5) is 10.8. The molecule has 0 aliphatic rings. The molecule has 1 aromatic carbocycles. The number of hydrogen-bond acceptors (Lipinski definition) is 3. The molecule has 0 heterocycles. The third-order valence-electron chi connectivity index (χ3n) is 1.31. The highest BCUT2D eigenvalue weighted by Gasteiger charge is 2.12. The van der Waals surface area contributed by atoms with E-state index in [1.54, 1.807) is 12.1 Å². The molecule has 14 heavy (non-hydrogen) atoms. The molecule has 0 radical (unpaired) electrons. The van der Waals surface area contributed by atoms with Crippen molar-refractivity contribution in [2.45, 2.75) is 0 Å². The van der Waals surface area contributed by atoms with Crippen LogP contribution in [0, 0.1) is 0 Å². The summed E-state index contributed by atoms with van der Waals surface area (Å²) in [6, 6.07) is 3.28. The molecule has 0 aliphatic heterocycles. The lowest BCUT2D eigenvalue weighted by atomic mass is 10.3. The summed E-state index contributed by atoms with van der Waals surface area (Å²) in [5, 5.41) is 8.78. The van der Waals surface area contributed by atoms with Gasteiger partial charge in [0.05, 0.1) is 9.50 Å². The van der Waals surface area contributed by atoms with Crippen LogP contribution in [-0.4, -0.2) is 17.7 Å². The lowest BCUT2D eigenvalue weighted by Gasteiger charge is -2.07. The van der Waals surface area contributed by atoms with Crippen molar-refractivity contribution in [3.63, 3.8) is 0 Å². The van der Waals surface area contributed by atoms with Gasteiger partial charge in [0.2, 0.25) is 0 Å². The fourth-order valence-corrected chi connectivity index (χ4v) is 2.58. The molecule has 0 aromatic heterocycles. The van der Waals surface area contributed by atoms with Crippen LogP contribution in [-0.2, 0) is 4.79 Å². The van der Waals surface area contributed by atoms with Crippen LogP contribution in [0.25, 0.3) is 0 Å². The van der Waals surface area contributed by atoms with Gasteiger partial charge in [0.15, 0.2) is 5.75 Å². The third-order valence-corrected chi connectivity index (χ3v) is 2.64. The van der Waals surface area contributed by atoms with Crippen LogP contribution in [0.3, 0.4) is 0 Å². The van der Waals surface area contributed by atoms with Gasteiger partial charge in [0.1, 0.15) is 6.61 Å². The van der Waals surface area contributed by atoms with E-state index in [2.05, 4.69) is 31.9 Å². The second-order valence-electron chi connectivity index (χ2n) is 2.33. The van der Waals surface area contributed by atoms with E-state index < -0.39 is 12.6 Å². The maximum Gasteiger partial charge on any atom is 0.337 e. The fourth-order valence-electron chi connectivity index (χ4n) is 0.773. The minimum atomic E-state index is -0.755.